The number of rotatable bonds is 7. The van der Waals surface area contributed by atoms with Crippen molar-refractivity contribution in [1.82, 2.24) is 14.8 Å². The molecule has 1 amide bonds. The largest absolute Gasteiger partial charge is 0.385 e. The van der Waals surface area contributed by atoms with Crippen LogP contribution in [0.1, 0.15) is 33.8 Å². The minimum atomic E-state index is 0.126. The Bertz CT molecular complexity index is 747. The summed E-state index contributed by atoms with van der Waals surface area (Å²) in [5.41, 5.74) is 2.85. The van der Waals surface area contributed by atoms with E-state index in [4.69, 9.17) is 4.74 Å². The van der Waals surface area contributed by atoms with Crippen LogP contribution in [-0.2, 0) is 4.74 Å². The average Bonchev–Trinajstić information content (AvgIpc) is 3.04. The van der Waals surface area contributed by atoms with E-state index < -0.39 is 0 Å². The lowest BCUT2D eigenvalue weighted by atomic mass is 10.1. The Hall–Kier alpha value is -1.76. The van der Waals surface area contributed by atoms with Crippen LogP contribution in [0.25, 0.3) is 10.6 Å². The Morgan fingerprint density at radius 2 is 1.96 bits per heavy atom. The zero-order chi connectivity index (χ0) is 19.2. The first-order valence-electron chi connectivity index (χ1n) is 9.63. The molecule has 3 rings (SSSR count). The van der Waals surface area contributed by atoms with Gasteiger partial charge in [-0.1, -0.05) is 12.1 Å². The smallest absolute Gasteiger partial charge is 0.253 e. The van der Waals surface area contributed by atoms with Gasteiger partial charge in [0, 0.05) is 55.9 Å². The molecule has 0 radical (unpaired) electrons. The molecule has 1 fully saturated rings. The lowest BCUT2D eigenvalue weighted by Gasteiger charge is -2.34. The second-order valence-corrected chi connectivity index (χ2v) is 8.28. The lowest BCUT2D eigenvalue weighted by molar-refractivity contribution is 0.0632. The van der Waals surface area contributed by atoms with Crippen LogP contribution in [0.3, 0.4) is 0 Å². The van der Waals surface area contributed by atoms with Crippen molar-refractivity contribution in [2.24, 2.45) is 0 Å². The summed E-state index contributed by atoms with van der Waals surface area (Å²) in [4.78, 5) is 23.2. The molecule has 5 nitrogen and oxygen atoms in total. The SMILES string of the molecule is COCCCCN1CCN(C(=O)c2cccc(-c3nc(C)c(C)s3)c2)CC1. The number of unbranched alkanes of at least 4 members (excludes halogenated alkanes) is 1. The molecule has 1 aliphatic rings. The van der Waals surface area contributed by atoms with E-state index in [0.29, 0.717) is 0 Å². The number of benzene rings is 1. The van der Waals surface area contributed by atoms with Gasteiger partial charge in [-0.3, -0.25) is 9.69 Å². The first-order chi connectivity index (χ1) is 13.1. The summed E-state index contributed by atoms with van der Waals surface area (Å²) in [5, 5.41) is 0.987. The molecular weight excluding hydrogens is 358 g/mol. The fourth-order valence-corrected chi connectivity index (χ4v) is 4.23. The van der Waals surface area contributed by atoms with Gasteiger partial charge in [-0.15, -0.1) is 11.3 Å². The third-order valence-corrected chi connectivity index (χ3v) is 6.24. The minimum absolute atomic E-state index is 0.126. The molecule has 0 bridgehead atoms. The van der Waals surface area contributed by atoms with Crippen LogP contribution in [0.2, 0.25) is 0 Å². The maximum Gasteiger partial charge on any atom is 0.253 e. The standard InChI is InChI=1S/C21H29N3O2S/c1-16-17(2)27-20(22-16)18-7-6-8-19(15-18)21(25)24-12-10-23(11-13-24)9-4-5-14-26-3/h6-8,15H,4-5,9-14H2,1-3H3. The van der Waals surface area contributed by atoms with Crippen molar-refractivity contribution in [3.63, 3.8) is 0 Å². The average molecular weight is 388 g/mol. The Balaban J connectivity index is 1.58. The first-order valence-corrected chi connectivity index (χ1v) is 10.4. The van der Waals surface area contributed by atoms with Crippen LogP contribution in [0.15, 0.2) is 24.3 Å². The highest BCUT2D eigenvalue weighted by atomic mass is 32.1. The van der Waals surface area contributed by atoms with Gasteiger partial charge in [-0.25, -0.2) is 4.98 Å². The van der Waals surface area contributed by atoms with Crippen LogP contribution in [0.5, 0.6) is 0 Å². The number of ether oxygens (including phenoxy) is 1. The molecule has 0 N–H and O–H groups in total. The maximum absolute atomic E-state index is 12.9. The second kappa shape index (κ2) is 9.44. The Morgan fingerprint density at radius 3 is 2.63 bits per heavy atom. The first kappa shape index (κ1) is 20.0. The number of hydrogen-bond donors (Lipinski definition) is 0. The summed E-state index contributed by atoms with van der Waals surface area (Å²) in [7, 11) is 1.75. The quantitative estimate of drug-likeness (QED) is 0.681. The van der Waals surface area contributed by atoms with Gasteiger partial charge in [0.1, 0.15) is 5.01 Å². The van der Waals surface area contributed by atoms with E-state index in [-0.39, 0.29) is 5.91 Å². The number of methoxy groups -OCH3 is 1. The second-order valence-electron chi connectivity index (χ2n) is 7.08. The number of thiazole rings is 1. The van der Waals surface area contributed by atoms with E-state index >= 15 is 0 Å². The van der Waals surface area contributed by atoms with Crippen molar-refractivity contribution >= 4 is 17.2 Å². The van der Waals surface area contributed by atoms with Crippen LogP contribution < -0.4 is 0 Å². The normalized spacial score (nSPS) is 15.3. The summed E-state index contributed by atoms with van der Waals surface area (Å²) in [5.74, 6) is 0.126. The zero-order valence-electron chi connectivity index (χ0n) is 16.5. The molecule has 0 atom stereocenters. The van der Waals surface area contributed by atoms with Gasteiger partial charge >= 0.3 is 0 Å². The topological polar surface area (TPSA) is 45.7 Å². The van der Waals surface area contributed by atoms with E-state index in [0.717, 1.165) is 74.0 Å². The highest BCUT2D eigenvalue weighted by Gasteiger charge is 2.22. The van der Waals surface area contributed by atoms with Crippen LogP contribution in [0.4, 0.5) is 0 Å². The molecule has 27 heavy (non-hydrogen) atoms. The molecule has 1 aliphatic heterocycles. The Morgan fingerprint density at radius 1 is 1.19 bits per heavy atom. The van der Waals surface area contributed by atoms with Gasteiger partial charge in [-0.2, -0.15) is 0 Å². The minimum Gasteiger partial charge on any atom is -0.385 e. The Kier molecular flexibility index (Phi) is 6.99. The van der Waals surface area contributed by atoms with Crippen molar-refractivity contribution in [1.29, 1.82) is 0 Å². The number of carbonyl (C=O) groups excluding carboxylic acids is 1. The van der Waals surface area contributed by atoms with Crippen molar-refractivity contribution in [2.75, 3.05) is 46.4 Å². The molecule has 6 heteroatoms. The van der Waals surface area contributed by atoms with Gasteiger partial charge in [-0.05, 0) is 45.4 Å². The number of carbonyl (C=O) groups is 1. The highest BCUT2D eigenvalue weighted by molar-refractivity contribution is 7.15. The predicted molar refractivity (Wildman–Crippen MR) is 110 cm³/mol. The summed E-state index contributed by atoms with van der Waals surface area (Å²) in [6.07, 6.45) is 2.24. The van der Waals surface area contributed by atoms with E-state index in [2.05, 4.69) is 16.8 Å². The maximum atomic E-state index is 12.9. The van der Waals surface area contributed by atoms with E-state index in [1.807, 2.05) is 36.1 Å². The molecule has 2 heterocycles. The summed E-state index contributed by atoms with van der Waals surface area (Å²) in [6, 6.07) is 7.89. The highest BCUT2D eigenvalue weighted by Crippen LogP contribution is 2.28. The van der Waals surface area contributed by atoms with Crippen LogP contribution >= 0.6 is 11.3 Å². The van der Waals surface area contributed by atoms with Gasteiger partial charge in [0.05, 0.1) is 5.69 Å². The number of nitrogens with zero attached hydrogens (tertiary/aromatic N) is 3. The molecule has 1 saturated heterocycles. The van der Waals surface area contributed by atoms with Crippen molar-refractivity contribution in [3.05, 3.63) is 40.4 Å². The molecule has 0 saturated carbocycles. The molecule has 2 aromatic rings. The van der Waals surface area contributed by atoms with Gasteiger partial charge in [0.25, 0.3) is 5.91 Å². The van der Waals surface area contributed by atoms with Gasteiger partial charge in [0.15, 0.2) is 0 Å². The Labute approximate surface area is 166 Å². The predicted octanol–water partition coefficient (Wildman–Crippen LogP) is 3.61. The molecule has 146 valence electrons. The van der Waals surface area contributed by atoms with Crippen LogP contribution in [0, 0.1) is 13.8 Å². The summed E-state index contributed by atoms with van der Waals surface area (Å²) < 4.78 is 5.10. The fraction of sp³-hybridized carbons (Fsp3) is 0.524. The number of aromatic nitrogens is 1. The molecular formula is C21H29N3O2S. The lowest BCUT2D eigenvalue weighted by Crippen LogP contribution is -2.48. The number of piperazine rings is 1. The number of hydrogen-bond acceptors (Lipinski definition) is 5. The van der Waals surface area contributed by atoms with Gasteiger partial charge in [0.2, 0.25) is 0 Å². The molecule has 0 spiro atoms. The monoisotopic (exact) mass is 387 g/mol. The number of aryl methyl sites for hydroxylation is 2. The van der Waals surface area contributed by atoms with E-state index in [1.165, 1.54) is 4.88 Å². The molecule has 0 aliphatic carbocycles. The molecule has 0 unspecified atom stereocenters. The molecule has 1 aromatic heterocycles. The molecule has 1 aromatic carbocycles. The summed E-state index contributed by atoms with van der Waals surface area (Å²) >= 11 is 1.68. The van der Waals surface area contributed by atoms with E-state index in [9.17, 15) is 4.79 Å². The number of amides is 1. The van der Waals surface area contributed by atoms with Crippen molar-refractivity contribution in [2.45, 2.75) is 26.7 Å². The zero-order valence-corrected chi connectivity index (χ0v) is 17.3. The van der Waals surface area contributed by atoms with Crippen LogP contribution in [-0.4, -0.2) is 67.1 Å². The van der Waals surface area contributed by atoms with Crippen molar-refractivity contribution in [3.8, 4) is 10.6 Å². The third-order valence-electron chi connectivity index (χ3n) is 5.12. The fourth-order valence-electron chi connectivity index (χ4n) is 3.32. The third kappa shape index (κ3) is 5.15. The van der Waals surface area contributed by atoms with Gasteiger partial charge < -0.3 is 9.64 Å². The summed E-state index contributed by atoms with van der Waals surface area (Å²) in [6.45, 7) is 9.51. The van der Waals surface area contributed by atoms with E-state index in [1.54, 1.807) is 18.4 Å². The van der Waals surface area contributed by atoms with Crippen molar-refractivity contribution < 1.29 is 9.53 Å².